The first kappa shape index (κ1) is 13.5. The zero-order valence-electron chi connectivity index (χ0n) is 11.2. The highest BCUT2D eigenvalue weighted by Crippen LogP contribution is 2.22. The second-order valence-electron chi connectivity index (χ2n) is 4.76. The Morgan fingerprint density at radius 1 is 1.42 bits per heavy atom. The van der Waals surface area contributed by atoms with E-state index in [1.807, 2.05) is 18.4 Å². The molecule has 0 saturated carbocycles. The summed E-state index contributed by atoms with van der Waals surface area (Å²) in [5, 5.41) is 5.37. The Hall–Kier alpha value is -1.88. The number of carbonyl (C=O) groups is 1. The third-order valence-corrected chi connectivity index (χ3v) is 3.65. The molecule has 0 radical (unpaired) electrons. The van der Waals surface area contributed by atoms with E-state index in [0.29, 0.717) is 22.3 Å². The van der Waals surface area contributed by atoms with Crippen molar-refractivity contribution in [2.24, 2.45) is 0 Å². The number of aromatic nitrogens is 1. The SMILES string of the molecule is Cc1ccc(C(=O)Nc2nc(C(C)C)cs2)cc1N. The van der Waals surface area contributed by atoms with Gasteiger partial charge >= 0.3 is 0 Å². The Kier molecular flexibility index (Phi) is 3.85. The second-order valence-corrected chi connectivity index (χ2v) is 5.62. The van der Waals surface area contributed by atoms with Crippen molar-refractivity contribution in [2.45, 2.75) is 26.7 Å². The summed E-state index contributed by atoms with van der Waals surface area (Å²) in [7, 11) is 0. The van der Waals surface area contributed by atoms with Gasteiger partial charge in [-0.15, -0.1) is 11.3 Å². The number of benzene rings is 1. The van der Waals surface area contributed by atoms with Crippen molar-refractivity contribution in [2.75, 3.05) is 11.1 Å². The molecule has 0 unspecified atom stereocenters. The highest BCUT2D eigenvalue weighted by Gasteiger charge is 2.11. The summed E-state index contributed by atoms with van der Waals surface area (Å²) < 4.78 is 0. The van der Waals surface area contributed by atoms with Gasteiger partial charge in [0.1, 0.15) is 0 Å². The molecule has 2 rings (SSSR count). The van der Waals surface area contributed by atoms with Crippen LogP contribution < -0.4 is 11.1 Å². The van der Waals surface area contributed by atoms with Gasteiger partial charge in [0.15, 0.2) is 5.13 Å². The highest BCUT2D eigenvalue weighted by atomic mass is 32.1. The monoisotopic (exact) mass is 275 g/mol. The molecule has 0 fully saturated rings. The van der Waals surface area contributed by atoms with E-state index < -0.39 is 0 Å². The number of carbonyl (C=O) groups excluding carboxylic acids is 1. The quantitative estimate of drug-likeness (QED) is 0.843. The molecule has 2 aromatic rings. The van der Waals surface area contributed by atoms with Crippen molar-refractivity contribution >= 4 is 28.1 Å². The number of hydrogen-bond donors (Lipinski definition) is 2. The summed E-state index contributed by atoms with van der Waals surface area (Å²) in [6.07, 6.45) is 0. The summed E-state index contributed by atoms with van der Waals surface area (Å²) >= 11 is 1.43. The fourth-order valence-corrected chi connectivity index (χ4v) is 2.43. The lowest BCUT2D eigenvalue weighted by Gasteiger charge is -2.05. The largest absolute Gasteiger partial charge is 0.398 e. The molecular weight excluding hydrogens is 258 g/mol. The molecule has 0 aliphatic rings. The Morgan fingerprint density at radius 3 is 2.74 bits per heavy atom. The number of nitrogen functional groups attached to an aromatic ring is 1. The molecule has 0 aliphatic carbocycles. The minimum Gasteiger partial charge on any atom is -0.398 e. The number of nitrogens with one attached hydrogen (secondary N) is 1. The van der Waals surface area contributed by atoms with E-state index in [-0.39, 0.29) is 5.91 Å². The Morgan fingerprint density at radius 2 is 2.16 bits per heavy atom. The molecule has 1 aromatic carbocycles. The Balaban J connectivity index is 2.13. The van der Waals surface area contributed by atoms with Crippen LogP contribution in [-0.4, -0.2) is 10.9 Å². The number of nitrogens with two attached hydrogens (primary N) is 1. The minimum absolute atomic E-state index is 0.184. The summed E-state index contributed by atoms with van der Waals surface area (Å²) in [5.74, 6) is 0.174. The van der Waals surface area contributed by atoms with Gasteiger partial charge in [-0.2, -0.15) is 0 Å². The van der Waals surface area contributed by atoms with Crippen LogP contribution >= 0.6 is 11.3 Å². The first-order chi connectivity index (χ1) is 8.97. The van der Waals surface area contributed by atoms with Crippen molar-refractivity contribution < 1.29 is 4.79 Å². The molecule has 0 bridgehead atoms. The first-order valence-corrected chi connectivity index (χ1v) is 6.98. The van der Waals surface area contributed by atoms with Gasteiger partial charge in [0, 0.05) is 16.6 Å². The molecule has 1 aromatic heterocycles. The number of anilines is 2. The molecule has 1 heterocycles. The summed E-state index contributed by atoms with van der Waals surface area (Å²) in [4.78, 5) is 16.4. The van der Waals surface area contributed by atoms with E-state index in [9.17, 15) is 4.79 Å². The van der Waals surface area contributed by atoms with Gasteiger partial charge in [-0.1, -0.05) is 19.9 Å². The molecule has 0 saturated heterocycles. The number of aryl methyl sites for hydroxylation is 1. The van der Waals surface area contributed by atoms with E-state index in [0.717, 1.165) is 11.3 Å². The molecule has 4 nitrogen and oxygen atoms in total. The van der Waals surface area contributed by atoms with Crippen molar-refractivity contribution in [3.05, 3.63) is 40.4 Å². The fourth-order valence-electron chi connectivity index (χ4n) is 1.56. The summed E-state index contributed by atoms with van der Waals surface area (Å²) in [6, 6.07) is 5.28. The van der Waals surface area contributed by atoms with Crippen LogP contribution in [0.25, 0.3) is 0 Å². The molecule has 0 atom stereocenters. The second kappa shape index (κ2) is 5.40. The van der Waals surface area contributed by atoms with Crippen molar-refractivity contribution in [3.63, 3.8) is 0 Å². The van der Waals surface area contributed by atoms with Gasteiger partial charge < -0.3 is 5.73 Å². The standard InChI is InChI=1S/C14H17N3OS/c1-8(2)12-7-19-14(16-12)17-13(18)10-5-4-9(3)11(15)6-10/h4-8H,15H2,1-3H3,(H,16,17,18). The number of thiazole rings is 1. The number of amides is 1. The van der Waals surface area contributed by atoms with Crippen LogP contribution in [0.5, 0.6) is 0 Å². The third kappa shape index (κ3) is 3.12. The normalized spacial score (nSPS) is 10.7. The number of hydrogen-bond acceptors (Lipinski definition) is 4. The van der Waals surface area contributed by atoms with Crippen molar-refractivity contribution in [1.29, 1.82) is 0 Å². The molecule has 3 N–H and O–H groups in total. The van der Waals surface area contributed by atoms with Gasteiger partial charge in [-0.3, -0.25) is 10.1 Å². The van der Waals surface area contributed by atoms with Gasteiger partial charge in [0.05, 0.1) is 5.69 Å². The van der Waals surface area contributed by atoms with Crippen molar-refractivity contribution in [1.82, 2.24) is 4.98 Å². The van der Waals surface area contributed by atoms with Gasteiger partial charge in [0.2, 0.25) is 0 Å². The Labute approximate surface area is 116 Å². The van der Waals surface area contributed by atoms with Gasteiger partial charge in [0.25, 0.3) is 5.91 Å². The van der Waals surface area contributed by atoms with E-state index in [2.05, 4.69) is 24.1 Å². The molecule has 19 heavy (non-hydrogen) atoms. The number of rotatable bonds is 3. The zero-order valence-corrected chi connectivity index (χ0v) is 12.0. The summed E-state index contributed by atoms with van der Waals surface area (Å²) in [5.41, 5.74) is 8.92. The predicted octanol–water partition coefficient (Wildman–Crippen LogP) is 3.41. The van der Waals surface area contributed by atoms with Crippen LogP contribution in [0, 0.1) is 6.92 Å². The van der Waals surface area contributed by atoms with E-state index >= 15 is 0 Å². The van der Waals surface area contributed by atoms with Crippen LogP contribution in [0.2, 0.25) is 0 Å². The van der Waals surface area contributed by atoms with Crippen LogP contribution in [0.4, 0.5) is 10.8 Å². The third-order valence-electron chi connectivity index (χ3n) is 2.88. The average Bonchev–Trinajstić information content (AvgIpc) is 2.81. The Bertz CT molecular complexity index is 604. The molecule has 5 heteroatoms. The van der Waals surface area contributed by atoms with Crippen LogP contribution in [-0.2, 0) is 0 Å². The lowest BCUT2D eigenvalue weighted by Crippen LogP contribution is -2.12. The summed E-state index contributed by atoms with van der Waals surface area (Å²) in [6.45, 7) is 6.05. The van der Waals surface area contributed by atoms with Gasteiger partial charge in [-0.25, -0.2) is 4.98 Å². The smallest absolute Gasteiger partial charge is 0.257 e. The van der Waals surface area contributed by atoms with E-state index in [4.69, 9.17) is 5.73 Å². The first-order valence-electron chi connectivity index (χ1n) is 6.10. The molecule has 1 amide bonds. The van der Waals surface area contributed by atoms with Crippen LogP contribution in [0.15, 0.2) is 23.6 Å². The average molecular weight is 275 g/mol. The molecule has 100 valence electrons. The number of nitrogens with zero attached hydrogens (tertiary/aromatic N) is 1. The lowest BCUT2D eigenvalue weighted by atomic mass is 10.1. The molecular formula is C14H17N3OS. The van der Waals surface area contributed by atoms with Crippen molar-refractivity contribution in [3.8, 4) is 0 Å². The maximum atomic E-state index is 12.1. The van der Waals surface area contributed by atoms with E-state index in [1.54, 1.807) is 12.1 Å². The fraction of sp³-hybridized carbons (Fsp3) is 0.286. The van der Waals surface area contributed by atoms with Crippen LogP contribution in [0.1, 0.15) is 41.4 Å². The predicted molar refractivity (Wildman–Crippen MR) is 79.7 cm³/mol. The minimum atomic E-state index is -0.184. The van der Waals surface area contributed by atoms with Gasteiger partial charge in [-0.05, 0) is 30.5 Å². The molecule has 0 spiro atoms. The molecule has 0 aliphatic heterocycles. The topological polar surface area (TPSA) is 68.0 Å². The van der Waals surface area contributed by atoms with Crippen LogP contribution in [0.3, 0.4) is 0 Å². The lowest BCUT2D eigenvalue weighted by molar-refractivity contribution is 0.102. The highest BCUT2D eigenvalue weighted by molar-refractivity contribution is 7.14. The van der Waals surface area contributed by atoms with E-state index in [1.165, 1.54) is 11.3 Å². The zero-order chi connectivity index (χ0) is 14.0. The maximum absolute atomic E-state index is 12.1. The maximum Gasteiger partial charge on any atom is 0.257 e.